The van der Waals surface area contributed by atoms with E-state index in [1.807, 2.05) is 35.0 Å². The van der Waals surface area contributed by atoms with E-state index in [1.165, 1.54) is 12.8 Å². The maximum absolute atomic E-state index is 13.2. The molecule has 188 valence electrons. The molecule has 2 aliphatic rings. The molecule has 0 spiro atoms. The first-order valence-corrected chi connectivity index (χ1v) is 12.6. The molecule has 0 amide bonds. The average molecular weight is 491 g/mol. The third kappa shape index (κ3) is 4.26. The number of benzene rings is 1. The van der Waals surface area contributed by atoms with E-state index in [2.05, 4.69) is 39.3 Å². The Hall–Kier alpha value is -3.66. The number of ether oxygens (including phenoxy) is 2. The van der Waals surface area contributed by atoms with Gasteiger partial charge < -0.3 is 18.9 Å². The summed E-state index contributed by atoms with van der Waals surface area (Å²) >= 11 is 0. The van der Waals surface area contributed by atoms with Crippen LogP contribution in [0, 0.1) is 5.92 Å². The molecule has 0 unspecified atom stereocenters. The number of aromatic amines is 1. The van der Waals surface area contributed by atoms with Crippen LogP contribution in [-0.2, 0) is 13.1 Å². The molecule has 1 N–H and O–H groups in total. The summed E-state index contributed by atoms with van der Waals surface area (Å²) in [5, 5.41) is 13.9. The number of pyridine rings is 1. The minimum Gasteiger partial charge on any atom is -0.468 e. The number of furan rings is 1. The number of nitrogens with zero attached hydrogens (tertiary/aromatic N) is 5. The van der Waals surface area contributed by atoms with Crippen LogP contribution in [0.1, 0.15) is 68.8 Å². The second-order valence-electron chi connectivity index (χ2n) is 10.0. The maximum atomic E-state index is 13.2. The average Bonchev–Trinajstić information content (AvgIpc) is 3.65. The molecule has 1 aliphatic carbocycles. The first kappa shape index (κ1) is 22.8. The van der Waals surface area contributed by atoms with E-state index in [4.69, 9.17) is 13.9 Å². The Bertz CT molecular complexity index is 1400. The molecule has 6 rings (SSSR count). The largest absolute Gasteiger partial charge is 0.468 e. The van der Waals surface area contributed by atoms with Gasteiger partial charge in [-0.1, -0.05) is 26.7 Å². The van der Waals surface area contributed by atoms with E-state index in [-0.39, 0.29) is 24.3 Å². The predicted molar refractivity (Wildman–Crippen MR) is 132 cm³/mol. The molecule has 3 aromatic heterocycles. The fourth-order valence-electron chi connectivity index (χ4n) is 5.52. The van der Waals surface area contributed by atoms with Crippen LogP contribution in [-0.4, -0.2) is 36.9 Å². The van der Waals surface area contributed by atoms with E-state index in [1.54, 1.807) is 6.26 Å². The lowest BCUT2D eigenvalue weighted by Crippen LogP contribution is -2.35. The van der Waals surface area contributed by atoms with Crippen molar-refractivity contribution in [2.45, 2.75) is 64.7 Å². The van der Waals surface area contributed by atoms with Gasteiger partial charge in [-0.2, -0.15) is 0 Å². The van der Waals surface area contributed by atoms with Gasteiger partial charge in [0.15, 0.2) is 17.3 Å². The van der Waals surface area contributed by atoms with Crippen LogP contribution in [0.2, 0.25) is 0 Å². The molecule has 36 heavy (non-hydrogen) atoms. The molecule has 0 bridgehead atoms. The number of hydrogen-bond acceptors (Lipinski definition) is 8. The summed E-state index contributed by atoms with van der Waals surface area (Å²) in [6.45, 7) is 5.44. The standard InChI is InChI=1S/C26H30N6O4/c1-16(2)24(25-28-29-30-32(25)19-6-3-4-7-19)31(14-20-8-5-9-34-20)13-18-10-17-11-22-23(36-15-35-22)12-21(17)27-26(18)33/h5,8-12,16,19,24H,3-4,6-7,13-15H2,1-2H3,(H,27,33)/t24-/m1/s1. The molecule has 1 saturated carbocycles. The molecular formula is C26H30N6O4. The van der Waals surface area contributed by atoms with Crippen molar-refractivity contribution in [1.29, 1.82) is 0 Å². The number of fused-ring (bicyclic) bond motifs is 2. The fraction of sp³-hybridized carbons (Fsp3) is 0.462. The van der Waals surface area contributed by atoms with E-state index < -0.39 is 0 Å². The number of aromatic nitrogens is 5. The van der Waals surface area contributed by atoms with Crippen molar-refractivity contribution in [2.24, 2.45) is 5.92 Å². The molecule has 10 nitrogen and oxygen atoms in total. The lowest BCUT2D eigenvalue weighted by atomic mass is 9.99. The molecule has 0 saturated heterocycles. The van der Waals surface area contributed by atoms with Crippen LogP contribution >= 0.6 is 0 Å². The Morgan fingerprint density at radius 3 is 2.69 bits per heavy atom. The highest BCUT2D eigenvalue weighted by Gasteiger charge is 2.33. The van der Waals surface area contributed by atoms with Gasteiger partial charge in [0.2, 0.25) is 6.79 Å². The van der Waals surface area contributed by atoms with Crippen molar-refractivity contribution in [1.82, 2.24) is 30.1 Å². The Morgan fingerprint density at radius 1 is 1.14 bits per heavy atom. The molecular weight excluding hydrogens is 460 g/mol. The molecule has 4 aromatic rings. The topological polar surface area (TPSA) is 111 Å². The van der Waals surface area contributed by atoms with Gasteiger partial charge in [-0.15, -0.1) is 5.10 Å². The van der Waals surface area contributed by atoms with Gasteiger partial charge in [-0.05, 0) is 53.5 Å². The van der Waals surface area contributed by atoms with Crippen LogP contribution in [0.15, 0.2) is 45.8 Å². The summed E-state index contributed by atoms with van der Waals surface area (Å²) < 4.78 is 18.7. The summed E-state index contributed by atoms with van der Waals surface area (Å²) in [5.41, 5.74) is 1.23. The van der Waals surface area contributed by atoms with Crippen molar-refractivity contribution in [3.8, 4) is 11.5 Å². The lowest BCUT2D eigenvalue weighted by molar-refractivity contribution is 0.114. The van der Waals surface area contributed by atoms with Gasteiger partial charge in [-0.25, -0.2) is 4.68 Å². The van der Waals surface area contributed by atoms with Crippen molar-refractivity contribution < 1.29 is 13.9 Å². The smallest absolute Gasteiger partial charge is 0.252 e. The molecule has 1 atom stereocenters. The predicted octanol–water partition coefficient (Wildman–Crippen LogP) is 4.35. The zero-order chi connectivity index (χ0) is 24.6. The van der Waals surface area contributed by atoms with Crippen molar-refractivity contribution in [3.63, 3.8) is 0 Å². The Morgan fingerprint density at radius 2 is 1.94 bits per heavy atom. The third-order valence-electron chi connectivity index (χ3n) is 7.21. The van der Waals surface area contributed by atoms with E-state index in [9.17, 15) is 4.79 Å². The fourth-order valence-corrected chi connectivity index (χ4v) is 5.52. The molecule has 10 heteroatoms. The number of hydrogen-bond donors (Lipinski definition) is 1. The van der Waals surface area contributed by atoms with Crippen molar-refractivity contribution in [2.75, 3.05) is 6.79 Å². The van der Waals surface area contributed by atoms with Crippen LogP contribution in [0.3, 0.4) is 0 Å². The number of H-pyrrole nitrogens is 1. The van der Waals surface area contributed by atoms with E-state index >= 15 is 0 Å². The molecule has 4 heterocycles. The normalized spacial score (nSPS) is 16.6. The number of tetrazole rings is 1. The molecule has 1 aromatic carbocycles. The van der Waals surface area contributed by atoms with Crippen molar-refractivity contribution in [3.05, 3.63) is 64.1 Å². The molecule has 0 radical (unpaired) electrons. The van der Waals surface area contributed by atoms with Gasteiger partial charge in [0.1, 0.15) is 5.76 Å². The highest BCUT2D eigenvalue weighted by molar-refractivity contribution is 5.83. The summed E-state index contributed by atoms with van der Waals surface area (Å²) in [6, 6.07) is 9.70. The number of nitrogens with one attached hydrogen (secondary N) is 1. The molecule has 1 fully saturated rings. The van der Waals surface area contributed by atoms with E-state index in [0.29, 0.717) is 36.2 Å². The molecule has 1 aliphatic heterocycles. The SMILES string of the molecule is CC(C)[C@H](c1nnnn1C1CCCC1)N(Cc1ccco1)Cc1cc2cc3c(cc2[nH]c1=O)OCO3. The van der Waals surface area contributed by atoms with Crippen LogP contribution in [0.5, 0.6) is 11.5 Å². The highest BCUT2D eigenvalue weighted by atomic mass is 16.7. The zero-order valence-electron chi connectivity index (χ0n) is 20.5. The second kappa shape index (κ2) is 9.42. The van der Waals surface area contributed by atoms with Gasteiger partial charge in [-0.3, -0.25) is 9.69 Å². The summed E-state index contributed by atoms with van der Waals surface area (Å²) in [6.07, 6.45) is 6.23. The zero-order valence-corrected chi connectivity index (χ0v) is 20.5. The van der Waals surface area contributed by atoms with Crippen molar-refractivity contribution >= 4 is 10.9 Å². The maximum Gasteiger partial charge on any atom is 0.252 e. The summed E-state index contributed by atoms with van der Waals surface area (Å²) in [7, 11) is 0. The van der Waals surface area contributed by atoms with E-state index in [0.717, 1.165) is 35.3 Å². The van der Waals surface area contributed by atoms with Gasteiger partial charge >= 0.3 is 0 Å². The summed E-state index contributed by atoms with van der Waals surface area (Å²) in [5.74, 6) is 3.18. The lowest BCUT2D eigenvalue weighted by Gasteiger charge is -2.33. The van der Waals surface area contributed by atoms with Gasteiger partial charge in [0.25, 0.3) is 5.56 Å². The Balaban J connectivity index is 1.39. The quantitative estimate of drug-likeness (QED) is 0.388. The minimum atomic E-state index is -0.135. The highest BCUT2D eigenvalue weighted by Crippen LogP contribution is 2.37. The van der Waals surface area contributed by atoms with Gasteiger partial charge in [0, 0.05) is 23.6 Å². The third-order valence-corrected chi connectivity index (χ3v) is 7.21. The first-order valence-electron chi connectivity index (χ1n) is 12.6. The van der Waals surface area contributed by atoms with Crippen LogP contribution in [0.4, 0.5) is 0 Å². The summed E-state index contributed by atoms with van der Waals surface area (Å²) in [4.78, 5) is 18.5. The minimum absolute atomic E-state index is 0.113. The first-order chi connectivity index (χ1) is 17.6. The number of rotatable bonds is 8. The van der Waals surface area contributed by atoms with Gasteiger partial charge in [0.05, 0.1) is 30.4 Å². The van der Waals surface area contributed by atoms with Crippen LogP contribution < -0.4 is 15.0 Å². The monoisotopic (exact) mass is 490 g/mol. The van der Waals surface area contributed by atoms with Crippen LogP contribution in [0.25, 0.3) is 10.9 Å². The Labute approximate surface area is 208 Å². The Kier molecular flexibility index (Phi) is 5.96. The second-order valence-corrected chi connectivity index (χ2v) is 10.0.